The number of hydrogen-bond donors (Lipinski definition) is 1. The maximum Gasteiger partial charge on any atom is 0.314 e. The van der Waals surface area contributed by atoms with E-state index in [1.54, 1.807) is 4.90 Å². The van der Waals surface area contributed by atoms with E-state index in [1.165, 1.54) is 31.5 Å². The maximum atomic E-state index is 11.2. The second-order valence-corrected chi connectivity index (χ2v) is 7.64. The quantitative estimate of drug-likeness (QED) is 0.843. The summed E-state index contributed by atoms with van der Waals surface area (Å²) in [6, 6.07) is 8.09. The molecule has 1 aromatic rings. The lowest BCUT2D eigenvalue weighted by Gasteiger charge is -2.33. The number of piperidine rings is 1. The highest BCUT2D eigenvalue weighted by Gasteiger charge is 2.19. The predicted octanol–water partition coefficient (Wildman–Crippen LogP) is 1.99. The van der Waals surface area contributed by atoms with E-state index in [4.69, 9.17) is 10.5 Å². The van der Waals surface area contributed by atoms with Crippen LogP contribution in [-0.4, -0.2) is 73.2 Å². The van der Waals surface area contributed by atoms with Gasteiger partial charge in [-0.3, -0.25) is 9.80 Å². The average molecular weight is 361 g/mol. The summed E-state index contributed by atoms with van der Waals surface area (Å²) in [5, 5.41) is 0. The molecule has 0 bridgehead atoms. The van der Waals surface area contributed by atoms with Crippen molar-refractivity contribution in [2.24, 2.45) is 11.7 Å². The molecule has 6 nitrogen and oxygen atoms in total. The number of rotatable bonds is 6. The number of amides is 2. The SMILES string of the molecule is CC1CCCN(CCOc2ccc(CN3CCN(C(N)=O)CC3)cc2)C1. The van der Waals surface area contributed by atoms with E-state index in [1.807, 2.05) is 0 Å². The Balaban J connectivity index is 1.37. The number of urea groups is 1. The van der Waals surface area contributed by atoms with E-state index in [0.717, 1.165) is 44.5 Å². The number of nitrogens with zero attached hydrogens (tertiary/aromatic N) is 3. The van der Waals surface area contributed by atoms with Gasteiger partial charge in [-0.1, -0.05) is 19.1 Å². The first-order chi connectivity index (χ1) is 12.6. The van der Waals surface area contributed by atoms with Gasteiger partial charge in [0.05, 0.1) is 0 Å². The summed E-state index contributed by atoms with van der Waals surface area (Å²) in [7, 11) is 0. The topological polar surface area (TPSA) is 62.0 Å². The first kappa shape index (κ1) is 19.0. The van der Waals surface area contributed by atoms with Gasteiger partial charge in [0.15, 0.2) is 0 Å². The van der Waals surface area contributed by atoms with Crippen LogP contribution in [0.1, 0.15) is 25.3 Å². The lowest BCUT2D eigenvalue weighted by molar-refractivity contribution is 0.140. The molecule has 2 aliphatic heterocycles. The number of nitrogens with two attached hydrogens (primary N) is 1. The van der Waals surface area contributed by atoms with E-state index in [-0.39, 0.29) is 6.03 Å². The smallest absolute Gasteiger partial charge is 0.314 e. The Morgan fingerprint density at radius 2 is 1.85 bits per heavy atom. The Morgan fingerprint density at radius 1 is 1.12 bits per heavy atom. The molecule has 2 aliphatic rings. The molecule has 6 heteroatoms. The molecule has 144 valence electrons. The molecule has 2 amide bonds. The van der Waals surface area contributed by atoms with Gasteiger partial charge in [0.2, 0.25) is 0 Å². The Labute approximate surface area is 156 Å². The lowest BCUT2D eigenvalue weighted by Crippen LogP contribution is -2.50. The zero-order valence-electron chi connectivity index (χ0n) is 15.9. The number of carbonyl (C=O) groups is 1. The summed E-state index contributed by atoms with van der Waals surface area (Å²) in [6.45, 7) is 10.6. The number of carbonyl (C=O) groups excluding carboxylic acids is 1. The molecule has 3 rings (SSSR count). The molecule has 2 saturated heterocycles. The van der Waals surface area contributed by atoms with Crippen LogP contribution in [0.5, 0.6) is 5.75 Å². The van der Waals surface area contributed by atoms with E-state index in [2.05, 4.69) is 41.0 Å². The van der Waals surface area contributed by atoms with Crippen LogP contribution in [0.25, 0.3) is 0 Å². The Hall–Kier alpha value is -1.79. The highest BCUT2D eigenvalue weighted by molar-refractivity contribution is 5.72. The molecule has 2 heterocycles. The van der Waals surface area contributed by atoms with Gasteiger partial charge in [-0.2, -0.15) is 0 Å². The zero-order valence-corrected chi connectivity index (χ0v) is 15.9. The lowest BCUT2D eigenvalue weighted by atomic mass is 10.0. The molecule has 0 saturated carbocycles. The number of likely N-dealkylation sites (tertiary alicyclic amines) is 1. The zero-order chi connectivity index (χ0) is 18.4. The second-order valence-electron chi connectivity index (χ2n) is 7.64. The summed E-state index contributed by atoms with van der Waals surface area (Å²) < 4.78 is 5.92. The predicted molar refractivity (Wildman–Crippen MR) is 103 cm³/mol. The minimum atomic E-state index is -0.315. The summed E-state index contributed by atoms with van der Waals surface area (Å²) in [5.74, 6) is 1.75. The first-order valence-electron chi connectivity index (χ1n) is 9.81. The second kappa shape index (κ2) is 9.24. The average Bonchev–Trinajstić information content (AvgIpc) is 2.64. The van der Waals surface area contributed by atoms with Crippen molar-refractivity contribution in [3.05, 3.63) is 29.8 Å². The van der Waals surface area contributed by atoms with Gasteiger partial charge in [0, 0.05) is 45.8 Å². The van der Waals surface area contributed by atoms with Crippen LogP contribution in [0, 0.1) is 5.92 Å². The molecule has 0 aliphatic carbocycles. The van der Waals surface area contributed by atoms with Crippen molar-refractivity contribution in [2.75, 3.05) is 52.4 Å². The van der Waals surface area contributed by atoms with Crippen LogP contribution in [-0.2, 0) is 6.54 Å². The van der Waals surface area contributed by atoms with Crippen molar-refractivity contribution in [3.63, 3.8) is 0 Å². The van der Waals surface area contributed by atoms with Gasteiger partial charge < -0.3 is 15.4 Å². The maximum absolute atomic E-state index is 11.2. The van der Waals surface area contributed by atoms with Gasteiger partial charge in [-0.05, 0) is 43.0 Å². The molecule has 1 aromatic carbocycles. The van der Waals surface area contributed by atoms with Crippen molar-refractivity contribution in [1.82, 2.24) is 14.7 Å². The van der Waals surface area contributed by atoms with Crippen LogP contribution in [0.3, 0.4) is 0 Å². The largest absolute Gasteiger partial charge is 0.492 e. The number of primary amides is 1. The summed E-state index contributed by atoms with van der Waals surface area (Å²) >= 11 is 0. The fourth-order valence-corrected chi connectivity index (χ4v) is 3.86. The molecule has 26 heavy (non-hydrogen) atoms. The highest BCUT2D eigenvalue weighted by atomic mass is 16.5. The number of benzene rings is 1. The summed E-state index contributed by atoms with van der Waals surface area (Å²) in [5.41, 5.74) is 6.60. The van der Waals surface area contributed by atoms with Gasteiger partial charge >= 0.3 is 6.03 Å². The monoisotopic (exact) mass is 360 g/mol. The van der Waals surface area contributed by atoms with Crippen molar-refractivity contribution < 1.29 is 9.53 Å². The molecule has 0 aromatic heterocycles. The minimum Gasteiger partial charge on any atom is -0.492 e. The molecule has 0 radical (unpaired) electrons. The number of piperazine rings is 1. The Bertz CT molecular complexity index is 570. The molecule has 2 N–H and O–H groups in total. The highest BCUT2D eigenvalue weighted by Crippen LogP contribution is 2.17. The van der Waals surface area contributed by atoms with Gasteiger partial charge in [-0.25, -0.2) is 4.79 Å². The van der Waals surface area contributed by atoms with Gasteiger partial charge in [-0.15, -0.1) is 0 Å². The third kappa shape index (κ3) is 5.61. The van der Waals surface area contributed by atoms with E-state index >= 15 is 0 Å². The van der Waals surface area contributed by atoms with E-state index in [0.29, 0.717) is 13.1 Å². The molecular weight excluding hydrogens is 328 g/mol. The fraction of sp³-hybridized carbons (Fsp3) is 0.650. The van der Waals surface area contributed by atoms with Crippen LogP contribution in [0.2, 0.25) is 0 Å². The molecule has 1 unspecified atom stereocenters. The van der Waals surface area contributed by atoms with Crippen molar-refractivity contribution in [1.29, 1.82) is 0 Å². The fourth-order valence-electron chi connectivity index (χ4n) is 3.86. The molecule has 1 atom stereocenters. The van der Waals surface area contributed by atoms with Crippen molar-refractivity contribution in [3.8, 4) is 5.75 Å². The Kier molecular flexibility index (Phi) is 6.74. The third-order valence-corrected chi connectivity index (χ3v) is 5.43. The summed E-state index contributed by atoms with van der Waals surface area (Å²) in [6.07, 6.45) is 2.67. The van der Waals surface area contributed by atoms with E-state index in [9.17, 15) is 4.79 Å². The van der Waals surface area contributed by atoms with Crippen molar-refractivity contribution >= 4 is 6.03 Å². The normalized spacial score (nSPS) is 22.3. The third-order valence-electron chi connectivity index (χ3n) is 5.43. The first-order valence-corrected chi connectivity index (χ1v) is 9.81. The summed E-state index contributed by atoms with van der Waals surface area (Å²) in [4.78, 5) is 17.7. The molecular formula is C20H32N4O2. The van der Waals surface area contributed by atoms with Crippen LogP contribution < -0.4 is 10.5 Å². The number of hydrogen-bond acceptors (Lipinski definition) is 4. The van der Waals surface area contributed by atoms with Crippen LogP contribution in [0.15, 0.2) is 24.3 Å². The standard InChI is InChI=1S/C20H32N4O2/c1-17-3-2-8-22(15-17)13-14-26-19-6-4-18(5-7-19)16-23-9-11-24(12-10-23)20(21)25/h4-7,17H,2-3,8-16H2,1H3,(H2,21,25). The van der Waals surface area contributed by atoms with Crippen molar-refractivity contribution in [2.45, 2.75) is 26.3 Å². The van der Waals surface area contributed by atoms with E-state index < -0.39 is 0 Å². The Morgan fingerprint density at radius 3 is 2.50 bits per heavy atom. The van der Waals surface area contributed by atoms with Crippen LogP contribution >= 0.6 is 0 Å². The van der Waals surface area contributed by atoms with Gasteiger partial charge in [0.25, 0.3) is 0 Å². The van der Waals surface area contributed by atoms with Crippen LogP contribution in [0.4, 0.5) is 4.79 Å². The molecule has 0 spiro atoms. The number of ether oxygens (including phenoxy) is 1. The minimum absolute atomic E-state index is 0.315. The molecule has 2 fully saturated rings. The van der Waals surface area contributed by atoms with Gasteiger partial charge in [0.1, 0.15) is 12.4 Å².